The normalized spacial score (nSPS) is 30.6. The van der Waals surface area contributed by atoms with E-state index < -0.39 is 12.1 Å². The maximum Gasteiger partial charge on any atom is 0.335 e. The van der Waals surface area contributed by atoms with Gasteiger partial charge in [0.15, 0.2) is 6.10 Å². The van der Waals surface area contributed by atoms with Gasteiger partial charge >= 0.3 is 5.97 Å². The molecule has 4 heteroatoms. The van der Waals surface area contributed by atoms with Crippen molar-refractivity contribution in [3.05, 3.63) is 0 Å². The van der Waals surface area contributed by atoms with Gasteiger partial charge in [-0.3, -0.25) is 0 Å². The van der Waals surface area contributed by atoms with Crippen molar-refractivity contribution in [1.29, 1.82) is 0 Å². The van der Waals surface area contributed by atoms with E-state index in [2.05, 4.69) is 0 Å². The van der Waals surface area contributed by atoms with Crippen molar-refractivity contribution in [3.63, 3.8) is 0 Å². The molecule has 1 aliphatic heterocycles. The Morgan fingerprint density at radius 1 is 1.42 bits per heavy atom. The van der Waals surface area contributed by atoms with E-state index in [1.807, 2.05) is 13.8 Å². The Morgan fingerprint density at radius 3 is 2.42 bits per heavy atom. The lowest BCUT2D eigenvalue weighted by molar-refractivity contribution is -0.186. The van der Waals surface area contributed by atoms with Gasteiger partial charge in [-0.2, -0.15) is 0 Å². The molecule has 0 aromatic carbocycles. The SMILES string of the molecule is CC(C)[C@@H]1OCCO[C@H]1C(=O)O. The summed E-state index contributed by atoms with van der Waals surface area (Å²) in [6, 6.07) is 0. The van der Waals surface area contributed by atoms with Crippen LogP contribution in [-0.4, -0.2) is 36.5 Å². The highest BCUT2D eigenvalue weighted by atomic mass is 16.6. The number of carbonyl (C=O) groups is 1. The van der Waals surface area contributed by atoms with Gasteiger partial charge in [-0.25, -0.2) is 4.79 Å². The van der Waals surface area contributed by atoms with Gasteiger partial charge in [-0.15, -0.1) is 0 Å². The fourth-order valence-corrected chi connectivity index (χ4v) is 1.30. The van der Waals surface area contributed by atoms with Crippen LogP contribution in [0.5, 0.6) is 0 Å². The van der Waals surface area contributed by atoms with E-state index in [4.69, 9.17) is 14.6 Å². The Kier molecular flexibility index (Phi) is 3.05. The molecule has 0 aromatic heterocycles. The minimum Gasteiger partial charge on any atom is -0.479 e. The quantitative estimate of drug-likeness (QED) is 0.662. The van der Waals surface area contributed by atoms with Gasteiger partial charge in [0.05, 0.1) is 19.3 Å². The van der Waals surface area contributed by atoms with Crippen LogP contribution in [0.1, 0.15) is 13.8 Å². The number of aliphatic carboxylic acids is 1. The summed E-state index contributed by atoms with van der Waals surface area (Å²) in [6.45, 7) is 4.72. The number of hydrogen-bond acceptors (Lipinski definition) is 3. The Morgan fingerprint density at radius 2 is 2.00 bits per heavy atom. The smallest absolute Gasteiger partial charge is 0.335 e. The van der Waals surface area contributed by atoms with E-state index in [9.17, 15) is 4.79 Å². The van der Waals surface area contributed by atoms with E-state index >= 15 is 0 Å². The molecular formula is C8H14O4. The molecule has 12 heavy (non-hydrogen) atoms. The highest BCUT2D eigenvalue weighted by Crippen LogP contribution is 2.17. The van der Waals surface area contributed by atoms with E-state index in [0.29, 0.717) is 13.2 Å². The minimum absolute atomic E-state index is 0.173. The lowest BCUT2D eigenvalue weighted by Gasteiger charge is -2.31. The first-order valence-corrected chi connectivity index (χ1v) is 4.09. The van der Waals surface area contributed by atoms with E-state index in [1.54, 1.807) is 0 Å². The fourth-order valence-electron chi connectivity index (χ4n) is 1.30. The molecule has 1 aliphatic rings. The first kappa shape index (κ1) is 9.48. The zero-order chi connectivity index (χ0) is 9.14. The molecule has 1 N–H and O–H groups in total. The van der Waals surface area contributed by atoms with E-state index in [0.717, 1.165) is 0 Å². The molecular weight excluding hydrogens is 160 g/mol. The second kappa shape index (κ2) is 3.87. The van der Waals surface area contributed by atoms with Gasteiger partial charge in [0.2, 0.25) is 0 Å². The number of rotatable bonds is 2. The first-order chi connectivity index (χ1) is 5.63. The van der Waals surface area contributed by atoms with Crippen molar-refractivity contribution in [2.75, 3.05) is 13.2 Å². The third-order valence-electron chi connectivity index (χ3n) is 1.89. The summed E-state index contributed by atoms with van der Waals surface area (Å²) in [5.41, 5.74) is 0. The van der Waals surface area contributed by atoms with E-state index in [-0.39, 0.29) is 12.0 Å². The largest absolute Gasteiger partial charge is 0.479 e. The Labute approximate surface area is 71.5 Å². The molecule has 0 unspecified atom stereocenters. The third-order valence-corrected chi connectivity index (χ3v) is 1.89. The molecule has 1 fully saturated rings. The highest BCUT2D eigenvalue weighted by molar-refractivity contribution is 5.73. The Balaban J connectivity index is 2.60. The summed E-state index contributed by atoms with van der Waals surface area (Å²) in [4.78, 5) is 10.7. The van der Waals surface area contributed by atoms with Gasteiger partial charge in [0, 0.05) is 0 Å². The van der Waals surface area contributed by atoms with Gasteiger partial charge in [-0.1, -0.05) is 13.8 Å². The summed E-state index contributed by atoms with van der Waals surface area (Å²) in [6.07, 6.45) is -1.10. The van der Waals surface area contributed by atoms with Crippen LogP contribution >= 0.6 is 0 Å². The van der Waals surface area contributed by atoms with Crippen LogP contribution in [0.4, 0.5) is 0 Å². The zero-order valence-corrected chi connectivity index (χ0v) is 7.32. The number of ether oxygens (including phenoxy) is 2. The molecule has 0 aliphatic carbocycles. The van der Waals surface area contributed by atoms with Crippen LogP contribution in [0.2, 0.25) is 0 Å². The Bertz CT molecular complexity index is 166. The lowest BCUT2D eigenvalue weighted by atomic mass is 10.0. The number of carboxylic acids is 1. The summed E-state index contributed by atoms with van der Waals surface area (Å²) in [5, 5.41) is 8.75. The average molecular weight is 174 g/mol. The molecule has 4 nitrogen and oxygen atoms in total. The predicted octanol–water partition coefficient (Wildman–Crippen LogP) is 0.511. The molecule has 2 atom stereocenters. The maximum absolute atomic E-state index is 10.7. The molecule has 0 saturated carbocycles. The predicted molar refractivity (Wildman–Crippen MR) is 42.0 cm³/mol. The van der Waals surface area contributed by atoms with Crippen LogP contribution in [0.15, 0.2) is 0 Å². The van der Waals surface area contributed by atoms with Crippen molar-refractivity contribution < 1.29 is 19.4 Å². The van der Waals surface area contributed by atoms with Crippen molar-refractivity contribution in [1.82, 2.24) is 0 Å². The van der Waals surface area contributed by atoms with Gasteiger partial charge in [0.25, 0.3) is 0 Å². The number of hydrogen-bond donors (Lipinski definition) is 1. The zero-order valence-electron chi connectivity index (χ0n) is 7.32. The second-order valence-corrected chi connectivity index (χ2v) is 3.21. The maximum atomic E-state index is 10.7. The Hall–Kier alpha value is -0.610. The van der Waals surface area contributed by atoms with Crippen LogP contribution in [0, 0.1) is 5.92 Å². The molecule has 1 saturated heterocycles. The third kappa shape index (κ3) is 1.95. The summed E-state index contributed by atoms with van der Waals surface area (Å²) < 4.78 is 10.4. The highest BCUT2D eigenvalue weighted by Gasteiger charge is 2.34. The summed E-state index contributed by atoms with van der Waals surface area (Å²) in [7, 11) is 0. The van der Waals surface area contributed by atoms with Crippen molar-refractivity contribution in [2.24, 2.45) is 5.92 Å². The minimum atomic E-state index is -0.937. The van der Waals surface area contributed by atoms with Crippen molar-refractivity contribution >= 4 is 5.97 Å². The van der Waals surface area contributed by atoms with Crippen LogP contribution in [-0.2, 0) is 14.3 Å². The molecule has 0 amide bonds. The summed E-state index contributed by atoms with van der Waals surface area (Å²) in [5.74, 6) is -0.764. The van der Waals surface area contributed by atoms with Crippen LogP contribution in [0.3, 0.4) is 0 Å². The van der Waals surface area contributed by atoms with Crippen molar-refractivity contribution in [3.8, 4) is 0 Å². The van der Waals surface area contributed by atoms with Crippen LogP contribution < -0.4 is 0 Å². The molecule has 70 valence electrons. The monoisotopic (exact) mass is 174 g/mol. The fraction of sp³-hybridized carbons (Fsp3) is 0.875. The average Bonchev–Trinajstić information content (AvgIpc) is 2.04. The molecule has 0 bridgehead atoms. The van der Waals surface area contributed by atoms with Gasteiger partial charge in [0.1, 0.15) is 0 Å². The van der Waals surface area contributed by atoms with E-state index in [1.165, 1.54) is 0 Å². The standard InChI is InChI=1S/C8H14O4/c1-5(2)6-7(8(9)10)12-4-3-11-6/h5-7H,3-4H2,1-2H3,(H,9,10)/t6-,7+/m0/s1. The molecule has 0 aromatic rings. The molecule has 0 radical (unpaired) electrons. The number of carboxylic acid groups (broad SMARTS) is 1. The second-order valence-electron chi connectivity index (χ2n) is 3.21. The summed E-state index contributed by atoms with van der Waals surface area (Å²) >= 11 is 0. The lowest BCUT2D eigenvalue weighted by Crippen LogP contribution is -2.46. The molecule has 1 heterocycles. The topological polar surface area (TPSA) is 55.8 Å². The first-order valence-electron chi connectivity index (χ1n) is 4.09. The molecule has 0 spiro atoms. The molecule has 1 rings (SSSR count). The van der Waals surface area contributed by atoms with Crippen LogP contribution in [0.25, 0.3) is 0 Å². The van der Waals surface area contributed by atoms with Crippen molar-refractivity contribution in [2.45, 2.75) is 26.1 Å². The van der Waals surface area contributed by atoms with Gasteiger partial charge < -0.3 is 14.6 Å². The van der Waals surface area contributed by atoms with Gasteiger partial charge in [-0.05, 0) is 5.92 Å².